The van der Waals surface area contributed by atoms with Gasteiger partial charge in [-0.3, -0.25) is 19.1 Å². The molecule has 0 saturated heterocycles. The standard InChI is InChI=1S/C18H24N2O3/c1-9(2)20-11(4)16(10(3)19-20)13-7-14(21)17(15(22)8-13)18(23)12-5-6-12/h9,12-13,17H,5-8H2,1-4H3. The summed E-state index contributed by atoms with van der Waals surface area (Å²) in [6.07, 6.45) is 2.22. The molecular formula is C18H24N2O3. The second-order valence-corrected chi connectivity index (χ2v) is 7.27. The Balaban J connectivity index is 1.86. The van der Waals surface area contributed by atoms with Crippen LogP contribution in [0, 0.1) is 25.7 Å². The molecule has 1 aromatic heterocycles. The van der Waals surface area contributed by atoms with Crippen molar-refractivity contribution in [2.24, 2.45) is 11.8 Å². The van der Waals surface area contributed by atoms with Crippen LogP contribution in [0.25, 0.3) is 0 Å². The molecule has 23 heavy (non-hydrogen) atoms. The molecule has 0 spiro atoms. The number of Topliss-reactive ketones (excluding diaryl/α,β-unsaturated/α-hetero) is 3. The maximum Gasteiger partial charge on any atom is 0.153 e. The van der Waals surface area contributed by atoms with Crippen molar-refractivity contribution < 1.29 is 14.4 Å². The van der Waals surface area contributed by atoms with E-state index >= 15 is 0 Å². The van der Waals surface area contributed by atoms with E-state index in [2.05, 4.69) is 18.9 Å². The topological polar surface area (TPSA) is 69.0 Å². The van der Waals surface area contributed by atoms with Gasteiger partial charge in [0.25, 0.3) is 0 Å². The Morgan fingerprint density at radius 2 is 1.70 bits per heavy atom. The van der Waals surface area contributed by atoms with Crippen LogP contribution in [0.15, 0.2) is 0 Å². The number of aryl methyl sites for hydroxylation is 1. The lowest BCUT2D eigenvalue weighted by atomic mass is 9.74. The second-order valence-electron chi connectivity index (χ2n) is 7.27. The normalized spacial score (nSPS) is 25.3. The fourth-order valence-corrected chi connectivity index (χ4v) is 3.87. The summed E-state index contributed by atoms with van der Waals surface area (Å²) in [4.78, 5) is 37.1. The van der Waals surface area contributed by atoms with Gasteiger partial charge in [0.15, 0.2) is 17.3 Å². The SMILES string of the molecule is Cc1nn(C(C)C)c(C)c1C1CC(=O)C(C(=O)C2CC2)C(=O)C1. The summed E-state index contributed by atoms with van der Waals surface area (Å²) in [6.45, 7) is 8.04. The monoisotopic (exact) mass is 316 g/mol. The molecule has 3 rings (SSSR count). The number of nitrogens with zero attached hydrogens (tertiary/aromatic N) is 2. The molecule has 0 bridgehead atoms. The van der Waals surface area contributed by atoms with E-state index in [1.165, 1.54) is 0 Å². The van der Waals surface area contributed by atoms with Crippen molar-refractivity contribution in [2.75, 3.05) is 0 Å². The predicted octanol–water partition coefficient (Wildman–Crippen LogP) is 2.69. The van der Waals surface area contributed by atoms with Crippen molar-refractivity contribution in [2.45, 2.75) is 65.3 Å². The molecule has 0 radical (unpaired) electrons. The molecule has 1 aromatic rings. The molecule has 0 aliphatic heterocycles. The zero-order chi connectivity index (χ0) is 16.9. The molecule has 124 valence electrons. The van der Waals surface area contributed by atoms with E-state index in [1.807, 2.05) is 18.5 Å². The Kier molecular flexibility index (Phi) is 3.98. The molecule has 2 fully saturated rings. The summed E-state index contributed by atoms with van der Waals surface area (Å²) in [5.74, 6) is -1.69. The highest BCUT2D eigenvalue weighted by atomic mass is 16.2. The van der Waals surface area contributed by atoms with E-state index in [-0.39, 0.29) is 48.1 Å². The summed E-state index contributed by atoms with van der Waals surface area (Å²) in [6, 6.07) is 0.238. The molecule has 0 amide bonds. The lowest BCUT2D eigenvalue weighted by molar-refractivity contribution is -0.143. The number of rotatable bonds is 4. The van der Waals surface area contributed by atoms with E-state index < -0.39 is 5.92 Å². The van der Waals surface area contributed by atoms with Crippen LogP contribution in [0.1, 0.15) is 68.4 Å². The highest BCUT2D eigenvalue weighted by Crippen LogP contribution is 2.39. The first kappa shape index (κ1) is 16.1. The maximum atomic E-state index is 12.5. The lowest BCUT2D eigenvalue weighted by Gasteiger charge is -2.26. The quantitative estimate of drug-likeness (QED) is 0.801. The summed E-state index contributed by atoms with van der Waals surface area (Å²) in [5.41, 5.74) is 2.92. The van der Waals surface area contributed by atoms with Crippen LogP contribution in [0.5, 0.6) is 0 Å². The summed E-state index contributed by atoms with van der Waals surface area (Å²) in [7, 11) is 0. The van der Waals surface area contributed by atoms with E-state index in [0.717, 1.165) is 29.8 Å². The second kappa shape index (κ2) is 5.69. The summed E-state index contributed by atoms with van der Waals surface area (Å²) < 4.78 is 1.95. The van der Waals surface area contributed by atoms with Crippen LogP contribution in [-0.4, -0.2) is 27.1 Å². The third-order valence-electron chi connectivity index (χ3n) is 5.08. The molecule has 5 nitrogen and oxygen atoms in total. The molecular weight excluding hydrogens is 292 g/mol. The van der Waals surface area contributed by atoms with Gasteiger partial charge in [0.1, 0.15) is 5.92 Å². The Morgan fingerprint density at radius 1 is 1.13 bits per heavy atom. The van der Waals surface area contributed by atoms with Gasteiger partial charge in [0, 0.05) is 36.4 Å². The third-order valence-corrected chi connectivity index (χ3v) is 5.08. The number of carbonyl (C=O) groups is 3. The van der Waals surface area contributed by atoms with E-state index in [9.17, 15) is 14.4 Å². The number of ketones is 3. The fraction of sp³-hybridized carbons (Fsp3) is 0.667. The van der Waals surface area contributed by atoms with Crippen LogP contribution in [0.2, 0.25) is 0 Å². The smallest absolute Gasteiger partial charge is 0.153 e. The molecule has 0 atom stereocenters. The summed E-state index contributed by atoms with van der Waals surface area (Å²) in [5, 5.41) is 4.55. The van der Waals surface area contributed by atoms with Crippen molar-refractivity contribution in [1.82, 2.24) is 9.78 Å². The van der Waals surface area contributed by atoms with Gasteiger partial charge in [-0.15, -0.1) is 0 Å². The van der Waals surface area contributed by atoms with Crippen molar-refractivity contribution in [1.29, 1.82) is 0 Å². The minimum Gasteiger partial charge on any atom is -0.298 e. The molecule has 5 heteroatoms. The van der Waals surface area contributed by atoms with Crippen LogP contribution in [-0.2, 0) is 14.4 Å². The van der Waals surface area contributed by atoms with E-state index in [1.54, 1.807) is 0 Å². The molecule has 2 saturated carbocycles. The summed E-state index contributed by atoms with van der Waals surface area (Å²) >= 11 is 0. The Bertz CT molecular complexity index is 665. The van der Waals surface area contributed by atoms with Crippen molar-refractivity contribution in [3.05, 3.63) is 17.0 Å². The Labute approximate surface area is 136 Å². The molecule has 0 unspecified atom stereocenters. The maximum absolute atomic E-state index is 12.5. The van der Waals surface area contributed by atoms with Gasteiger partial charge in [-0.05, 0) is 46.1 Å². The molecule has 0 aromatic carbocycles. The average molecular weight is 316 g/mol. The predicted molar refractivity (Wildman–Crippen MR) is 85.3 cm³/mol. The van der Waals surface area contributed by atoms with Crippen LogP contribution in [0.4, 0.5) is 0 Å². The van der Waals surface area contributed by atoms with Gasteiger partial charge in [0.2, 0.25) is 0 Å². The van der Waals surface area contributed by atoms with Crippen LogP contribution < -0.4 is 0 Å². The van der Waals surface area contributed by atoms with Gasteiger partial charge < -0.3 is 0 Å². The van der Waals surface area contributed by atoms with Crippen LogP contribution in [0.3, 0.4) is 0 Å². The van der Waals surface area contributed by atoms with Crippen molar-refractivity contribution in [3.63, 3.8) is 0 Å². The van der Waals surface area contributed by atoms with Gasteiger partial charge >= 0.3 is 0 Å². The molecule has 2 aliphatic carbocycles. The number of hydrogen-bond acceptors (Lipinski definition) is 4. The zero-order valence-electron chi connectivity index (χ0n) is 14.3. The van der Waals surface area contributed by atoms with Gasteiger partial charge in [-0.25, -0.2) is 0 Å². The minimum absolute atomic E-state index is 0.0448. The number of carbonyl (C=O) groups excluding carboxylic acids is 3. The largest absolute Gasteiger partial charge is 0.298 e. The highest BCUT2D eigenvalue weighted by Gasteiger charge is 2.46. The molecule has 1 heterocycles. The Morgan fingerprint density at radius 3 is 2.13 bits per heavy atom. The third kappa shape index (κ3) is 2.77. The number of hydrogen-bond donors (Lipinski definition) is 0. The minimum atomic E-state index is -0.987. The zero-order valence-corrected chi connectivity index (χ0v) is 14.3. The average Bonchev–Trinajstić information content (AvgIpc) is 3.24. The highest BCUT2D eigenvalue weighted by molar-refractivity contribution is 6.21. The van der Waals surface area contributed by atoms with Gasteiger partial charge in [-0.1, -0.05) is 0 Å². The Hall–Kier alpha value is -1.78. The molecule has 2 aliphatic rings. The fourth-order valence-electron chi connectivity index (χ4n) is 3.87. The number of aromatic nitrogens is 2. The molecule has 0 N–H and O–H groups in total. The first-order valence-electron chi connectivity index (χ1n) is 8.46. The van der Waals surface area contributed by atoms with Crippen molar-refractivity contribution >= 4 is 17.3 Å². The van der Waals surface area contributed by atoms with E-state index in [0.29, 0.717) is 0 Å². The van der Waals surface area contributed by atoms with Gasteiger partial charge in [-0.2, -0.15) is 5.10 Å². The lowest BCUT2D eigenvalue weighted by Crippen LogP contribution is -2.39. The van der Waals surface area contributed by atoms with Crippen LogP contribution >= 0.6 is 0 Å². The van der Waals surface area contributed by atoms with Gasteiger partial charge in [0.05, 0.1) is 5.69 Å². The van der Waals surface area contributed by atoms with E-state index in [4.69, 9.17) is 0 Å². The first-order chi connectivity index (χ1) is 10.8. The van der Waals surface area contributed by atoms with Crippen molar-refractivity contribution in [3.8, 4) is 0 Å². The first-order valence-corrected chi connectivity index (χ1v) is 8.46.